The summed E-state index contributed by atoms with van der Waals surface area (Å²) in [5.74, 6) is -0.891. The number of benzene rings is 3. The van der Waals surface area contributed by atoms with Crippen LogP contribution in [-0.2, 0) is 15.7 Å². The van der Waals surface area contributed by atoms with E-state index in [1.165, 1.54) is 12.1 Å². The van der Waals surface area contributed by atoms with E-state index >= 15 is 0 Å². The first-order valence-electron chi connectivity index (χ1n) is 12.7. The van der Waals surface area contributed by atoms with E-state index in [2.05, 4.69) is 24.3 Å². The summed E-state index contributed by atoms with van der Waals surface area (Å²) in [6.45, 7) is 0.705. The second kappa shape index (κ2) is 9.58. The van der Waals surface area contributed by atoms with Crippen molar-refractivity contribution in [2.24, 2.45) is 5.92 Å². The fraction of sp³-hybridized carbons (Fsp3) is 0.333. The molecule has 2 heterocycles. The Morgan fingerprint density at radius 2 is 1.47 bits per heavy atom. The normalized spacial score (nSPS) is 22.5. The Kier molecular flexibility index (Phi) is 6.22. The lowest BCUT2D eigenvalue weighted by Gasteiger charge is -2.47. The number of ether oxygens (including phenoxy) is 2. The van der Waals surface area contributed by atoms with Crippen molar-refractivity contribution < 1.29 is 32.2 Å². The minimum atomic E-state index is -4.52. The lowest BCUT2D eigenvalue weighted by molar-refractivity contribution is -0.137. The first kappa shape index (κ1) is 24.7. The van der Waals surface area contributed by atoms with Crippen LogP contribution < -0.4 is 0 Å². The molecule has 3 aliphatic rings. The molecule has 38 heavy (non-hydrogen) atoms. The van der Waals surface area contributed by atoms with Crippen molar-refractivity contribution >= 4 is 11.9 Å². The molecule has 0 aromatic heterocycles. The second-order valence-corrected chi connectivity index (χ2v) is 10.2. The van der Waals surface area contributed by atoms with Gasteiger partial charge in [0.1, 0.15) is 6.61 Å². The summed E-state index contributed by atoms with van der Waals surface area (Å²) in [6.07, 6.45) is -4.34. The third-order valence-corrected chi connectivity index (χ3v) is 7.91. The van der Waals surface area contributed by atoms with Crippen LogP contribution in [0.4, 0.5) is 18.0 Å². The molecule has 6 rings (SSSR count). The van der Waals surface area contributed by atoms with Crippen molar-refractivity contribution in [3.8, 4) is 11.1 Å². The lowest BCUT2D eigenvalue weighted by Crippen LogP contribution is -2.60. The van der Waals surface area contributed by atoms with E-state index in [4.69, 9.17) is 9.47 Å². The maximum absolute atomic E-state index is 13.3. The zero-order valence-corrected chi connectivity index (χ0v) is 20.5. The molecule has 8 heteroatoms. The van der Waals surface area contributed by atoms with Gasteiger partial charge < -0.3 is 9.47 Å². The van der Waals surface area contributed by atoms with E-state index in [0.717, 1.165) is 34.4 Å². The Balaban J connectivity index is 1.16. The van der Waals surface area contributed by atoms with Crippen molar-refractivity contribution in [2.45, 2.75) is 37.0 Å². The number of hydrogen-bond acceptors (Lipinski definition) is 4. The highest BCUT2D eigenvalue weighted by Crippen LogP contribution is 2.45. The Morgan fingerprint density at radius 3 is 2.08 bits per heavy atom. The van der Waals surface area contributed by atoms with Crippen molar-refractivity contribution in [3.05, 3.63) is 95.1 Å². The summed E-state index contributed by atoms with van der Waals surface area (Å²) in [5.41, 5.74) is 3.72. The Bertz CT molecular complexity index is 1330. The standard InChI is InChI=1S/C30H26F3NO4/c31-30(32,33)20-7-5-6-18(12-20)28(35)19-13-21-15-37-16-22(14-19)34(21)29(36)38-17-27-25-10-3-1-8-23(25)24-9-2-4-11-26(24)27/h1-12,19,21-22,27H,13-17H2. The van der Waals surface area contributed by atoms with Crippen LogP contribution in [0.3, 0.4) is 0 Å². The number of fused-ring (bicyclic) bond motifs is 5. The number of carbonyl (C=O) groups excluding carboxylic acids is 2. The molecular weight excluding hydrogens is 495 g/mol. The van der Waals surface area contributed by atoms with Gasteiger partial charge in [0.05, 0.1) is 30.9 Å². The minimum Gasteiger partial charge on any atom is -0.448 e. The number of nitrogens with zero attached hydrogens (tertiary/aromatic N) is 1. The van der Waals surface area contributed by atoms with Crippen LogP contribution in [0.1, 0.15) is 45.8 Å². The van der Waals surface area contributed by atoms with E-state index in [-0.39, 0.29) is 49.2 Å². The third kappa shape index (κ3) is 4.36. The first-order valence-corrected chi connectivity index (χ1v) is 12.7. The van der Waals surface area contributed by atoms with Crippen LogP contribution >= 0.6 is 0 Å². The third-order valence-electron chi connectivity index (χ3n) is 7.91. The number of Topliss-reactive ketones (excluding diaryl/α,β-unsaturated/α-hetero) is 1. The molecule has 1 amide bonds. The molecule has 2 atom stereocenters. The average molecular weight is 522 g/mol. The number of alkyl halides is 3. The molecular formula is C30H26F3NO4. The number of morpholine rings is 1. The van der Waals surface area contributed by atoms with Crippen molar-refractivity contribution in [1.29, 1.82) is 0 Å². The molecule has 196 valence electrons. The van der Waals surface area contributed by atoms with Gasteiger partial charge in [0, 0.05) is 17.4 Å². The van der Waals surface area contributed by atoms with Gasteiger partial charge in [-0.2, -0.15) is 13.2 Å². The van der Waals surface area contributed by atoms with Crippen LogP contribution in [0.2, 0.25) is 0 Å². The highest BCUT2D eigenvalue weighted by Gasteiger charge is 2.45. The molecule has 2 aliphatic heterocycles. The Labute approximate surface area is 218 Å². The molecule has 0 radical (unpaired) electrons. The predicted molar refractivity (Wildman–Crippen MR) is 134 cm³/mol. The van der Waals surface area contributed by atoms with Gasteiger partial charge >= 0.3 is 12.3 Å². The summed E-state index contributed by atoms with van der Waals surface area (Å²) in [4.78, 5) is 28.2. The summed E-state index contributed by atoms with van der Waals surface area (Å²) >= 11 is 0. The minimum absolute atomic E-state index is 0.0402. The van der Waals surface area contributed by atoms with Crippen molar-refractivity contribution in [1.82, 2.24) is 4.90 Å². The summed E-state index contributed by atoms with van der Waals surface area (Å²) in [7, 11) is 0. The Morgan fingerprint density at radius 1 is 0.868 bits per heavy atom. The van der Waals surface area contributed by atoms with Crippen molar-refractivity contribution in [3.63, 3.8) is 0 Å². The molecule has 5 nitrogen and oxygen atoms in total. The number of ketones is 1. The van der Waals surface area contributed by atoms with Crippen molar-refractivity contribution in [2.75, 3.05) is 19.8 Å². The molecule has 2 fully saturated rings. The fourth-order valence-electron chi connectivity index (χ4n) is 6.18. The van der Waals surface area contributed by atoms with E-state index in [1.54, 1.807) is 4.90 Å². The molecule has 3 aromatic rings. The highest BCUT2D eigenvalue weighted by atomic mass is 19.4. The van der Waals surface area contributed by atoms with Crippen LogP contribution in [0.15, 0.2) is 72.8 Å². The van der Waals surface area contributed by atoms with Gasteiger partial charge in [0.25, 0.3) is 0 Å². The number of halogens is 3. The maximum atomic E-state index is 13.3. The average Bonchev–Trinajstić information content (AvgIpc) is 3.24. The van der Waals surface area contributed by atoms with Crippen LogP contribution in [0.25, 0.3) is 11.1 Å². The Hall–Kier alpha value is -3.65. The molecule has 1 aliphatic carbocycles. The van der Waals surface area contributed by atoms with Gasteiger partial charge in [-0.3, -0.25) is 9.69 Å². The molecule has 0 spiro atoms. The number of piperidine rings is 1. The quantitative estimate of drug-likeness (QED) is 0.377. The maximum Gasteiger partial charge on any atom is 0.416 e. The summed E-state index contributed by atoms with van der Waals surface area (Å²) in [5, 5.41) is 0. The SMILES string of the molecule is O=C(c1cccc(C(F)(F)F)c1)C1CC2COCC(C1)N2C(=O)OCC1c2ccccc2-c2ccccc21. The monoisotopic (exact) mass is 521 g/mol. The predicted octanol–water partition coefficient (Wildman–Crippen LogP) is 6.32. The molecule has 0 N–H and O–H groups in total. The molecule has 2 unspecified atom stereocenters. The van der Waals surface area contributed by atoms with Gasteiger partial charge in [0.2, 0.25) is 0 Å². The topological polar surface area (TPSA) is 55.8 Å². The lowest BCUT2D eigenvalue weighted by atomic mass is 9.80. The number of amides is 1. The molecule has 0 saturated carbocycles. The van der Waals surface area contributed by atoms with E-state index < -0.39 is 23.8 Å². The van der Waals surface area contributed by atoms with Gasteiger partial charge in [0.15, 0.2) is 5.78 Å². The zero-order chi connectivity index (χ0) is 26.4. The number of rotatable bonds is 4. The summed E-state index contributed by atoms with van der Waals surface area (Å²) < 4.78 is 51.0. The van der Waals surface area contributed by atoms with Gasteiger partial charge in [-0.1, -0.05) is 60.7 Å². The molecule has 3 aromatic carbocycles. The van der Waals surface area contributed by atoms with Crippen LogP contribution in [-0.4, -0.2) is 48.7 Å². The highest BCUT2D eigenvalue weighted by molar-refractivity contribution is 5.98. The van der Waals surface area contributed by atoms with E-state index in [0.29, 0.717) is 12.8 Å². The number of carbonyl (C=O) groups is 2. The van der Waals surface area contributed by atoms with Crippen LogP contribution in [0, 0.1) is 5.92 Å². The number of hydrogen-bond donors (Lipinski definition) is 0. The van der Waals surface area contributed by atoms with Gasteiger partial charge in [-0.25, -0.2) is 4.79 Å². The summed E-state index contributed by atoms with van der Waals surface area (Å²) in [6, 6.07) is 20.0. The largest absolute Gasteiger partial charge is 0.448 e. The first-order chi connectivity index (χ1) is 18.3. The van der Waals surface area contributed by atoms with Crippen LogP contribution in [0.5, 0.6) is 0 Å². The van der Waals surface area contributed by atoms with Gasteiger partial charge in [-0.05, 0) is 47.2 Å². The molecule has 2 bridgehead atoms. The molecule has 2 saturated heterocycles. The smallest absolute Gasteiger partial charge is 0.416 e. The van der Waals surface area contributed by atoms with E-state index in [9.17, 15) is 22.8 Å². The fourth-order valence-corrected chi connectivity index (χ4v) is 6.18. The van der Waals surface area contributed by atoms with Gasteiger partial charge in [-0.15, -0.1) is 0 Å². The second-order valence-electron chi connectivity index (χ2n) is 10.2. The zero-order valence-electron chi connectivity index (χ0n) is 20.5. The van der Waals surface area contributed by atoms with E-state index in [1.807, 2.05) is 24.3 Å².